The standard InChI is InChI=1S/C30H38FN3O4/c1-2-3-4-5-6-7-8-9-10-18-27-32-28(38-33-27)25-16-13-14-23(21-25)22-34(29(35)30(36)37)20-19-24-15-11-12-17-26(24)31/h11-17,21H,2-10,18-20,22H2,1H3,(H,36,37). The second-order valence-electron chi connectivity index (χ2n) is 9.67. The van der Waals surface area contributed by atoms with Gasteiger partial charge in [0.1, 0.15) is 5.82 Å². The van der Waals surface area contributed by atoms with Crippen molar-refractivity contribution in [2.75, 3.05) is 6.54 Å². The Labute approximate surface area is 224 Å². The van der Waals surface area contributed by atoms with Gasteiger partial charge in [0.25, 0.3) is 5.89 Å². The Morgan fingerprint density at radius 2 is 1.63 bits per heavy atom. The summed E-state index contributed by atoms with van der Waals surface area (Å²) in [4.78, 5) is 29.5. The minimum atomic E-state index is -1.55. The number of benzene rings is 2. The van der Waals surface area contributed by atoms with Crippen LogP contribution >= 0.6 is 0 Å². The Kier molecular flexibility index (Phi) is 11.9. The van der Waals surface area contributed by atoms with Gasteiger partial charge in [-0.1, -0.05) is 93.8 Å². The second kappa shape index (κ2) is 15.6. The van der Waals surface area contributed by atoms with Gasteiger partial charge in [0, 0.05) is 25.1 Å². The molecule has 204 valence electrons. The number of nitrogens with zero attached hydrogens (tertiary/aromatic N) is 3. The fourth-order valence-corrected chi connectivity index (χ4v) is 4.43. The number of hydrogen-bond acceptors (Lipinski definition) is 5. The monoisotopic (exact) mass is 523 g/mol. The molecule has 38 heavy (non-hydrogen) atoms. The van der Waals surface area contributed by atoms with Crippen molar-refractivity contribution >= 4 is 11.9 Å². The van der Waals surface area contributed by atoms with E-state index < -0.39 is 11.9 Å². The zero-order valence-electron chi connectivity index (χ0n) is 22.2. The molecule has 0 spiro atoms. The van der Waals surface area contributed by atoms with Gasteiger partial charge in [0.2, 0.25) is 0 Å². The largest absolute Gasteiger partial charge is 0.474 e. The molecule has 1 aromatic heterocycles. The van der Waals surface area contributed by atoms with Crippen LogP contribution in [0.15, 0.2) is 53.1 Å². The summed E-state index contributed by atoms with van der Waals surface area (Å²) in [5.74, 6) is -1.91. The molecule has 7 nitrogen and oxygen atoms in total. The van der Waals surface area contributed by atoms with E-state index in [1.54, 1.807) is 36.4 Å². The number of carbonyl (C=O) groups is 2. The first kappa shape index (κ1) is 29.0. The van der Waals surface area contributed by atoms with Gasteiger partial charge in [-0.25, -0.2) is 9.18 Å². The summed E-state index contributed by atoms with van der Waals surface area (Å²) in [6, 6.07) is 13.5. The van der Waals surface area contributed by atoms with Gasteiger partial charge in [-0.3, -0.25) is 4.79 Å². The SMILES string of the molecule is CCCCCCCCCCCc1noc(-c2cccc(CN(CCc3ccccc3F)C(=O)C(=O)O)c2)n1. The molecule has 0 aliphatic heterocycles. The molecule has 0 aliphatic carbocycles. The Morgan fingerprint density at radius 1 is 0.921 bits per heavy atom. The van der Waals surface area contributed by atoms with Crippen molar-refractivity contribution in [3.63, 3.8) is 0 Å². The first-order valence-corrected chi connectivity index (χ1v) is 13.7. The maximum Gasteiger partial charge on any atom is 0.394 e. The maximum absolute atomic E-state index is 14.0. The lowest BCUT2D eigenvalue weighted by Crippen LogP contribution is -2.37. The number of carboxylic acids is 1. The van der Waals surface area contributed by atoms with Crippen molar-refractivity contribution in [1.82, 2.24) is 15.0 Å². The van der Waals surface area contributed by atoms with Crippen molar-refractivity contribution in [3.8, 4) is 11.5 Å². The molecule has 0 aliphatic rings. The number of carboxylic acid groups (broad SMARTS) is 1. The predicted octanol–water partition coefficient (Wildman–Crippen LogP) is 6.60. The van der Waals surface area contributed by atoms with E-state index in [1.165, 1.54) is 55.9 Å². The Morgan fingerprint density at radius 3 is 2.34 bits per heavy atom. The van der Waals surface area contributed by atoms with Crippen molar-refractivity contribution in [2.45, 2.75) is 84.1 Å². The van der Waals surface area contributed by atoms with E-state index in [0.29, 0.717) is 28.4 Å². The van der Waals surface area contributed by atoms with Gasteiger partial charge in [-0.05, 0) is 42.2 Å². The number of amides is 1. The first-order valence-electron chi connectivity index (χ1n) is 13.7. The summed E-state index contributed by atoms with van der Waals surface area (Å²) in [6.45, 7) is 2.36. The molecule has 0 bridgehead atoms. The van der Waals surface area contributed by atoms with E-state index in [9.17, 15) is 19.1 Å². The van der Waals surface area contributed by atoms with Crippen molar-refractivity contribution in [1.29, 1.82) is 0 Å². The van der Waals surface area contributed by atoms with Crippen LogP contribution in [0.3, 0.4) is 0 Å². The second-order valence-corrected chi connectivity index (χ2v) is 9.67. The third-order valence-corrected chi connectivity index (χ3v) is 6.60. The molecule has 3 rings (SSSR count). The Bertz CT molecular complexity index is 1160. The minimum absolute atomic E-state index is 0.0624. The van der Waals surface area contributed by atoms with Crippen LogP contribution in [0, 0.1) is 5.82 Å². The van der Waals surface area contributed by atoms with Crippen LogP contribution in [-0.4, -0.2) is 38.6 Å². The highest BCUT2D eigenvalue weighted by atomic mass is 19.1. The third-order valence-electron chi connectivity index (χ3n) is 6.60. The molecule has 0 radical (unpaired) electrons. The normalized spacial score (nSPS) is 11.0. The van der Waals surface area contributed by atoms with E-state index in [4.69, 9.17) is 4.52 Å². The third kappa shape index (κ3) is 9.39. The highest BCUT2D eigenvalue weighted by Crippen LogP contribution is 2.21. The summed E-state index contributed by atoms with van der Waals surface area (Å²) in [7, 11) is 0. The number of aryl methyl sites for hydroxylation is 1. The van der Waals surface area contributed by atoms with Crippen LogP contribution < -0.4 is 0 Å². The highest BCUT2D eigenvalue weighted by molar-refractivity contribution is 6.31. The van der Waals surface area contributed by atoms with Gasteiger partial charge < -0.3 is 14.5 Å². The average molecular weight is 524 g/mol. The lowest BCUT2D eigenvalue weighted by Gasteiger charge is -2.21. The Balaban J connectivity index is 1.54. The first-order chi connectivity index (χ1) is 18.5. The maximum atomic E-state index is 14.0. The zero-order chi connectivity index (χ0) is 27.2. The summed E-state index contributed by atoms with van der Waals surface area (Å²) in [5, 5.41) is 13.4. The predicted molar refractivity (Wildman–Crippen MR) is 144 cm³/mol. The summed E-state index contributed by atoms with van der Waals surface area (Å²) >= 11 is 0. The zero-order valence-corrected chi connectivity index (χ0v) is 22.2. The molecule has 8 heteroatoms. The van der Waals surface area contributed by atoms with Crippen molar-refractivity contribution < 1.29 is 23.6 Å². The highest BCUT2D eigenvalue weighted by Gasteiger charge is 2.22. The van der Waals surface area contributed by atoms with Gasteiger partial charge >= 0.3 is 11.9 Å². The number of aliphatic carboxylic acids is 1. The van der Waals surface area contributed by atoms with Gasteiger partial charge in [-0.15, -0.1) is 0 Å². The number of halogens is 1. The van der Waals surface area contributed by atoms with Crippen molar-refractivity contribution in [2.24, 2.45) is 0 Å². The number of hydrogen-bond donors (Lipinski definition) is 1. The molecule has 2 aromatic carbocycles. The van der Waals surface area contributed by atoms with E-state index in [0.717, 1.165) is 19.3 Å². The van der Waals surface area contributed by atoms with Gasteiger partial charge in [0.05, 0.1) is 0 Å². The topological polar surface area (TPSA) is 96.5 Å². The van der Waals surface area contributed by atoms with E-state index in [-0.39, 0.29) is 25.3 Å². The van der Waals surface area contributed by atoms with Crippen molar-refractivity contribution in [3.05, 3.63) is 71.3 Å². The summed E-state index contributed by atoms with van der Waals surface area (Å²) in [5.41, 5.74) is 1.84. The molecular formula is C30H38FN3O4. The van der Waals surface area contributed by atoms with E-state index in [2.05, 4.69) is 17.1 Å². The Hall–Kier alpha value is -3.55. The molecule has 0 atom stereocenters. The lowest BCUT2D eigenvalue weighted by atomic mass is 10.1. The van der Waals surface area contributed by atoms with Gasteiger partial charge in [-0.2, -0.15) is 4.98 Å². The number of carbonyl (C=O) groups excluding carboxylic acids is 1. The van der Waals surface area contributed by atoms with Crippen LogP contribution in [0.1, 0.15) is 81.7 Å². The molecule has 0 saturated heterocycles. The molecule has 0 saturated carbocycles. The number of unbranched alkanes of at least 4 members (excludes halogenated alkanes) is 8. The molecule has 0 fully saturated rings. The van der Waals surface area contributed by atoms with E-state index >= 15 is 0 Å². The number of aromatic nitrogens is 2. The molecule has 1 heterocycles. The average Bonchev–Trinajstić information content (AvgIpc) is 3.39. The van der Waals surface area contributed by atoms with Crippen LogP contribution in [0.2, 0.25) is 0 Å². The fraction of sp³-hybridized carbons (Fsp3) is 0.467. The quantitative estimate of drug-likeness (QED) is 0.168. The van der Waals surface area contributed by atoms with Crippen LogP contribution in [0.25, 0.3) is 11.5 Å². The fourth-order valence-electron chi connectivity index (χ4n) is 4.43. The lowest BCUT2D eigenvalue weighted by molar-refractivity contribution is -0.156. The van der Waals surface area contributed by atoms with Crippen LogP contribution in [-0.2, 0) is 29.0 Å². The molecular weight excluding hydrogens is 485 g/mol. The summed E-state index contributed by atoms with van der Waals surface area (Å²) in [6.07, 6.45) is 12.2. The van der Waals surface area contributed by atoms with Crippen LogP contribution in [0.4, 0.5) is 4.39 Å². The summed E-state index contributed by atoms with van der Waals surface area (Å²) < 4.78 is 19.5. The molecule has 3 aromatic rings. The van der Waals surface area contributed by atoms with Crippen LogP contribution in [0.5, 0.6) is 0 Å². The van der Waals surface area contributed by atoms with Gasteiger partial charge in [0.15, 0.2) is 5.82 Å². The smallest absolute Gasteiger partial charge is 0.394 e. The molecule has 0 unspecified atom stereocenters. The number of rotatable bonds is 16. The molecule has 1 amide bonds. The molecule has 1 N–H and O–H groups in total. The minimum Gasteiger partial charge on any atom is -0.474 e. The van der Waals surface area contributed by atoms with E-state index in [1.807, 2.05) is 6.07 Å².